The zero-order valence-corrected chi connectivity index (χ0v) is 10.4. The average molecular weight is 285 g/mol. The van der Waals surface area contributed by atoms with Gasteiger partial charge in [-0.05, 0) is 6.42 Å². The molecule has 11 heavy (non-hydrogen) atoms. The van der Waals surface area contributed by atoms with Crippen LogP contribution in [0.25, 0.3) is 0 Å². The second-order valence-corrected chi connectivity index (χ2v) is 3.92. The molecule has 5 heteroatoms. The van der Waals surface area contributed by atoms with Crippen molar-refractivity contribution < 1.29 is 13.0 Å². The Morgan fingerprint density at radius 2 is 1.73 bits per heavy atom. The molecule has 0 spiro atoms. The molecule has 4 radical (unpaired) electrons. The largest absolute Gasteiger partial charge is 0.286 e. The molecule has 0 heterocycles. The Kier molecular flexibility index (Phi) is 9.53. The summed E-state index contributed by atoms with van der Waals surface area (Å²) in [6, 6.07) is 0. The Morgan fingerprint density at radius 1 is 1.18 bits per heavy atom. The maximum absolute atomic E-state index is 10.1. The van der Waals surface area contributed by atoms with Gasteiger partial charge in [0.25, 0.3) is 10.1 Å². The van der Waals surface area contributed by atoms with Crippen LogP contribution in [0.2, 0.25) is 0 Å². The van der Waals surface area contributed by atoms with Crippen LogP contribution in [0.4, 0.5) is 0 Å². The van der Waals surface area contributed by atoms with Gasteiger partial charge >= 0.3 is 0 Å². The first-order valence-corrected chi connectivity index (χ1v) is 5.12. The Balaban J connectivity index is 0. The van der Waals surface area contributed by atoms with Gasteiger partial charge in [-0.3, -0.25) is 4.55 Å². The minimum Gasteiger partial charge on any atom is -0.286 e. The van der Waals surface area contributed by atoms with Crippen molar-refractivity contribution >= 4 is 34.0 Å². The first-order valence-electron chi connectivity index (χ1n) is 3.51. The molecule has 66 valence electrons. The van der Waals surface area contributed by atoms with E-state index < -0.39 is 10.1 Å². The second kappa shape index (κ2) is 7.36. The summed E-state index contributed by atoms with van der Waals surface area (Å²) in [4.78, 5) is 0. The van der Waals surface area contributed by atoms with E-state index in [1.54, 1.807) is 0 Å². The minimum absolute atomic E-state index is 0. The van der Waals surface area contributed by atoms with Crippen LogP contribution in [0.3, 0.4) is 0 Å². The molecular weight excluding hydrogens is 271 g/mol. The zero-order valence-electron chi connectivity index (χ0n) is 6.71. The summed E-state index contributed by atoms with van der Waals surface area (Å²) in [5.74, 6) is -0.0903. The Hall–Kier alpha value is 0.709. The summed E-state index contributed by atoms with van der Waals surface area (Å²) >= 11 is 0. The monoisotopic (exact) mass is 286 g/mol. The number of hydrogen-bond acceptors (Lipinski definition) is 2. The van der Waals surface area contributed by atoms with Gasteiger partial charge < -0.3 is 0 Å². The molecule has 0 fully saturated rings. The first-order chi connectivity index (χ1) is 4.56. The molecule has 0 amide bonds. The molecule has 0 aromatic carbocycles. The first kappa shape index (κ1) is 14.2. The molecule has 0 bridgehead atoms. The van der Waals surface area contributed by atoms with Gasteiger partial charge in [0.15, 0.2) is 0 Å². The normalized spacial score (nSPS) is 10.7. The van der Waals surface area contributed by atoms with Crippen LogP contribution < -0.4 is 0 Å². The zero-order chi connectivity index (χ0) is 8.04. The molecule has 3 nitrogen and oxygen atoms in total. The molecule has 0 aromatic rings. The summed E-state index contributed by atoms with van der Waals surface area (Å²) in [6.45, 7) is 2.05. The summed E-state index contributed by atoms with van der Waals surface area (Å²) in [7, 11) is -3.70. The van der Waals surface area contributed by atoms with Gasteiger partial charge in [-0.2, -0.15) is 8.42 Å². The Labute approximate surface area is 85.3 Å². The average Bonchev–Trinajstić information content (AvgIpc) is 1.78. The van der Waals surface area contributed by atoms with Crippen molar-refractivity contribution in [3.05, 3.63) is 0 Å². The molecule has 0 aliphatic carbocycles. The summed E-state index contributed by atoms with van der Waals surface area (Å²) < 4.78 is 28.6. The number of hydrogen-bond donors (Lipinski definition) is 1. The molecular formula is C6H14O3SSn. The topological polar surface area (TPSA) is 54.4 Å². The molecule has 0 aliphatic rings. The third-order valence-electron chi connectivity index (χ3n) is 1.26. The Morgan fingerprint density at radius 3 is 2.09 bits per heavy atom. The van der Waals surface area contributed by atoms with Crippen LogP contribution in [0.1, 0.15) is 32.6 Å². The van der Waals surface area contributed by atoms with E-state index in [0.29, 0.717) is 6.42 Å². The third kappa shape index (κ3) is 13.7. The van der Waals surface area contributed by atoms with E-state index in [0.717, 1.165) is 19.3 Å². The van der Waals surface area contributed by atoms with Crippen LogP contribution >= 0.6 is 0 Å². The standard InChI is InChI=1S/C6H14O3S.Sn/c1-2-3-4-5-6-10(7,8)9;/h2-6H2,1H3,(H,7,8,9);. The van der Waals surface area contributed by atoms with Crippen LogP contribution in [0.5, 0.6) is 0 Å². The Bertz CT molecular complexity index is 165. The van der Waals surface area contributed by atoms with Crippen LogP contribution in [-0.4, -0.2) is 42.6 Å². The van der Waals surface area contributed by atoms with Gasteiger partial charge in [0.2, 0.25) is 0 Å². The molecule has 0 aliphatic heterocycles. The molecule has 0 unspecified atom stereocenters. The van der Waals surface area contributed by atoms with Crippen molar-refractivity contribution in [2.24, 2.45) is 0 Å². The van der Waals surface area contributed by atoms with Crippen molar-refractivity contribution in [2.45, 2.75) is 32.6 Å². The maximum atomic E-state index is 10.1. The van der Waals surface area contributed by atoms with E-state index in [-0.39, 0.29) is 29.7 Å². The van der Waals surface area contributed by atoms with E-state index in [1.165, 1.54) is 0 Å². The molecule has 0 atom stereocenters. The number of unbranched alkanes of at least 4 members (excludes halogenated alkanes) is 3. The van der Waals surface area contributed by atoms with Gasteiger partial charge in [0.1, 0.15) is 0 Å². The molecule has 0 aromatic heterocycles. The second-order valence-electron chi connectivity index (χ2n) is 2.35. The van der Waals surface area contributed by atoms with Gasteiger partial charge in [0, 0.05) is 23.9 Å². The van der Waals surface area contributed by atoms with Crippen LogP contribution in [0.15, 0.2) is 0 Å². The third-order valence-corrected chi connectivity index (χ3v) is 2.06. The SMILES string of the molecule is CCCCCCS(=O)(=O)O.[Sn]. The quantitative estimate of drug-likeness (QED) is 0.467. The van der Waals surface area contributed by atoms with Gasteiger partial charge in [-0.1, -0.05) is 26.2 Å². The van der Waals surface area contributed by atoms with E-state index in [2.05, 4.69) is 0 Å². The van der Waals surface area contributed by atoms with Crippen molar-refractivity contribution in [3.8, 4) is 0 Å². The molecule has 0 saturated heterocycles. The van der Waals surface area contributed by atoms with E-state index >= 15 is 0 Å². The minimum atomic E-state index is -3.70. The van der Waals surface area contributed by atoms with Crippen molar-refractivity contribution in [2.75, 3.05) is 5.75 Å². The number of rotatable bonds is 5. The fourth-order valence-corrected chi connectivity index (χ4v) is 1.28. The maximum Gasteiger partial charge on any atom is 0.264 e. The van der Waals surface area contributed by atoms with E-state index in [4.69, 9.17) is 4.55 Å². The molecule has 0 rings (SSSR count). The predicted octanol–water partition coefficient (Wildman–Crippen LogP) is 1.07. The summed E-state index contributed by atoms with van der Waals surface area (Å²) in [6.07, 6.45) is 3.57. The smallest absolute Gasteiger partial charge is 0.264 e. The van der Waals surface area contributed by atoms with Crippen LogP contribution in [-0.2, 0) is 10.1 Å². The van der Waals surface area contributed by atoms with E-state index in [1.807, 2.05) is 6.92 Å². The fraction of sp³-hybridized carbons (Fsp3) is 1.00. The van der Waals surface area contributed by atoms with Crippen molar-refractivity contribution in [1.82, 2.24) is 0 Å². The molecule has 0 saturated carbocycles. The van der Waals surface area contributed by atoms with Crippen molar-refractivity contribution in [1.29, 1.82) is 0 Å². The van der Waals surface area contributed by atoms with Crippen LogP contribution in [0, 0.1) is 0 Å². The predicted molar refractivity (Wildman–Crippen MR) is 46.3 cm³/mol. The van der Waals surface area contributed by atoms with Gasteiger partial charge in [-0.25, -0.2) is 0 Å². The van der Waals surface area contributed by atoms with E-state index in [9.17, 15) is 8.42 Å². The molecule has 1 N–H and O–H groups in total. The van der Waals surface area contributed by atoms with Gasteiger partial charge in [-0.15, -0.1) is 0 Å². The van der Waals surface area contributed by atoms with Crippen molar-refractivity contribution in [3.63, 3.8) is 0 Å². The fourth-order valence-electron chi connectivity index (χ4n) is 0.711. The summed E-state index contributed by atoms with van der Waals surface area (Å²) in [5, 5.41) is 0. The summed E-state index contributed by atoms with van der Waals surface area (Å²) in [5.41, 5.74) is 0. The van der Waals surface area contributed by atoms with Gasteiger partial charge in [0.05, 0.1) is 5.75 Å².